The minimum atomic E-state index is -0.976. The molecule has 120 valence electrons. The maximum atomic E-state index is 12.2. The van der Waals surface area contributed by atoms with Gasteiger partial charge >= 0.3 is 5.97 Å². The molecule has 0 aromatic heterocycles. The first-order valence-corrected chi connectivity index (χ1v) is 7.33. The Balaban J connectivity index is 1.84. The summed E-state index contributed by atoms with van der Waals surface area (Å²) in [4.78, 5) is 24.8. The highest BCUT2D eigenvalue weighted by atomic mass is 16.5. The minimum absolute atomic E-state index is 0.0691. The number of hydrogen-bond acceptors (Lipinski definition) is 4. The predicted octanol–water partition coefficient (Wildman–Crippen LogP) is 1.93. The number of aliphatic carboxylic acids is 1. The number of rotatable bonds is 8. The van der Waals surface area contributed by atoms with Gasteiger partial charge in [-0.3, -0.25) is 4.79 Å². The quantitative estimate of drug-likeness (QED) is 0.794. The maximum Gasteiger partial charge on any atom is 0.326 e. The first kappa shape index (κ1) is 16.1. The van der Waals surface area contributed by atoms with Gasteiger partial charge in [-0.1, -0.05) is 0 Å². The van der Waals surface area contributed by atoms with Gasteiger partial charge in [0.2, 0.25) is 5.91 Å². The number of hydrogen-bond donors (Lipinski definition) is 1. The van der Waals surface area contributed by atoms with Gasteiger partial charge in [0, 0.05) is 6.04 Å². The zero-order valence-electron chi connectivity index (χ0n) is 12.8. The summed E-state index contributed by atoms with van der Waals surface area (Å²) in [7, 11) is 1.59. The van der Waals surface area contributed by atoms with Gasteiger partial charge in [-0.25, -0.2) is 4.79 Å². The van der Waals surface area contributed by atoms with Gasteiger partial charge in [-0.2, -0.15) is 0 Å². The molecule has 1 aromatic rings. The van der Waals surface area contributed by atoms with E-state index in [9.17, 15) is 9.59 Å². The van der Waals surface area contributed by atoms with E-state index >= 15 is 0 Å². The van der Waals surface area contributed by atoms with Crippen molar-refractivity contribution in [1.29, 1.82) is 0 Å². The van der Waals surface area contributed by atoms with E-state index < -0.39 is 12.0 Å². The summed E-state index contributed by atoms with van der Waals surface area (Å²) < 4.78 is 10.6. The standard InChI is InChI=1S/C16H21NO5/c1-11(16(19)20)17(12-3-4-12)15(18)9-10-22-14-7-5-13(21-2)6-8-14/h5-8,11-12H,3-4,9-10H2,1-2H3,(H,19,20). The van der Waals surface area contributed by atoms with Gasteiger partial charge in [0.1, 0.15) is 17.5 Å². The third kappa shape index (κ3) is 4.13. The second-order valence-electron chi connectivity index (χ2n) is 5.32. The Morgan fingerprint density at radius 3 is 2.36 bits per heavy atom. The van der Waals surface area contributed by atoms with Crippen LogP contribution in [0, 0.1) is 0 Å². The van der Waals surface area contributed by atoms with E-state index in [-0.39, 0.29) is 25.0 Å². The largest absolute Gasteiger partial charge is 0.497 e. The van der Waals surface area contributed by atoms with E-state index in [2.05, 4.69) is 0 Å². The molecule has 1 amide bonds. The van der Waals surface area contributed by atoms with E-state index in [0.29, 0.717) is 5.75 Å². The second kappa shape index (κ2) is 7.15. The van der Waals surface area contributed by atoms with Crippen molar-refractivity contribution in [2.75, 3.05) is 13.7 Å². The molecule has 1 atom stereocenters. The highest BCUT2D eigenvalue weighted by Gasteiger charge is 2.37. The second-order valence-corrected chi connectivity index (χ2v) is 5.32. The summed E-state index contributed by atoms with van der Waals surface area (Å²) in [5, 5.41) is 9.09. The molecule has 0 bridgehead atoms. The Labute approximate surface area is 129 Å². The lowest BCUT2D eigenvalue weighted by atomic mass is 10.2. The minimum Gasteiger partial charge on any atom is -0.497 e. The summed E-state index contributed by atoms with van der Waals surface area (Å²) in [6, 6.07) is 6.37. The van der Waals surface area contributed by atoms with E-state index in [0.717, 1.165) is 18.6 Å². The first-order chi connectivity index (χ1) is 10.5. The number of methoxy groups -OCH3 is 1. The molecule has 6 nitrogen and oxygen atoms in total. The third-order valence-corrected chi connectivity index (χ3v) is 3.65. The first-order valence-electron chi connectivity index (χ1n) is 7.33. The van der Waals surface area contributed by atoms with Crippen molar-refractivity contribution in [1.82, 2.24) is 4.90 Å². The van der Waals surface area contributed by atoms with Gasteiger partial charge in [0.15, 0.2) is 0 Å². The zero-order chi connectivity index (χ0) is 16.1. The number of ether oxygens (including phenoxy) is 2. The number of carbonyl (C=O) groups excluding carboxylic acids is 1. The monoisotopic (exact) mass is 307 g/mol. The Hall–Kier alpha value is -2.24. The summed E-state index contributed by atoms with van der Waals surface area (Å²) in [5.74, 6) is 0.235. The van der Waals surface area contributed by atoms with Crippen LogP contribution in [0.15, 0.2) is 24.3 Å². The molecule has 1 unspecified atom stereocenters. The Bertz CT molecular complexity index is 524. The fraction of sp³-hybridized carbons (Fsp3) is 0.500. The molecule has 1 aliphatic carbocycles. The van der Waals surface area contributed by atoms with Crippen LogP contribution in [0.5, 0.6) is 11.5 Å². The SMILES string of the molecule is COc1ccc(OCCC(=O)N(C2CC2)C(C)C(=O)O)cc1. The number of benzene rings is 1. The van der Waals surface area contributed by atoms with Crippen molar-refractivity contribution in [2.24, 2.45) is 0 Å². The summed E-state index contributed by atoms with van der Waals surface area (Å²) in [5.41, 5.74) is 0. The number of carbonyl (C=O) groups is 2. The lowest BCUT2D eigenvalue weighted by molar-refractivity contribution is -0.150. The normalized spacial score (nSPS) is 15.0. The average molecular weight is 307 g/mol. The molecular weight excluding hydrogens is 286 g/mol. The average Bonchev–Trinajstić information content (AvgIpc) is 3.32. The molecule has 1 fully saturated rings. The van der Waals surface area contributed by atoms with Crippen LogP contribution in [0.25, 0.3) is 0 Å². The molecule has 1 aromatic carbocycles. The van der Waals surface area contributed by atoms with Crippen LogP contribution in [0.1, 0.15) is 26.2 Å². The van der Waals surface area contributed by atoms with Crippen LogP contribution in [0.2, 0.25) is 0 Å². The van der Waals surface area contributed by atoms with Crippen LogP contribution in [0.3, 0.4) is 0 Å². The lowest BCUT2D eigenvalue weighted by Gasteiger charge is -2.26. The summed E-state index contributed by atoms with van der Waals surface area (Å²) >= 11 is 0. The smallest absolute Gasteiger partial charge is 0.326 e. The molecule has 0 saturated heterocycles. The van der Waals surface area contributed by atoms with Gasteiger partial charge < -0.3 is 19.5 Å². The van der Waals surface area contributed by atoms with Crippen molar-refractivity contribution in [3.05, 3.63) is 24.3 Å². The van der Waals surface area contributed by atoms with Crippen molar-refractivity contribution in [3.8, 4) is 11.5 Å². The van der Waals surface area contributed by atoms with Crippen molar-refractivity contribution >= 4 is 11.9 Å². The molecule has 22 heavy (non-hydrogen) atoms. The van der Waals surface area contributed by atoms with E-state index in [4.69, 9.17) is 14.6 Å². The predicted molar refractivity (Wildman–Crippen MR) is 80.1 cm³/mol. The number of nitrogens with zero attached hydrogens (tertiary/aromatic N) is 1. The fourth-order valence-electron chi connectivity index (χ4n) is 2.26. The van der Waals surface area contributed by atoms with E-state index in [1.54, 1.807) is 38.3 Å². The molecule has 6 heteroatoms. The molecule has 1 aliphatic rings. The van der Waals surface area contributed by atoms with Crippen LogP contribution >= 0.6 is 0 Å². The number of amides is 1. The third-order valence-electron chi connectivity index (χ3n) is 3.65. The summed E-state index contributed by atoms with van der Waals surface area (Å²) in [6.45, 7) is 1.77. The lowest BCUT2D eigenvalue weighted by Crippen LogP contribution is -2.45. The van der Waals surface area contributed by atoms with Crippen molar-refractivity contribution in [3.63, 3.8) is 0 Å². The molecule has 0 spiro atoms. The van der Waals surface area contributed by atoms with Gasteiger partial charge in [-0.05, 0) is 44.0 Å². The van der Waals surface area contributed by atoms with Gasteiger partial charge in [-0.15, -0.1) is 0 Å². The van der Waals surface area contributed by atoms with Crippen LogP contribution < -0.4 is 9.47 Å². The highest BCUT2D eigenvalue weighted by Crippen LogP contribution is 2.29. The fourth-order valence-corrected chi connectivity index (χ4v) is 2.26. The molecule has 0 aliphatic heterocycles. The van der Waals surface area contributed by atoms with Crippen molar-refractivity contribution < 1.29 is 24.2 Å². The number of carboxylic acids is 1. The molecule has 2 rings (SSSR count). The van der Waals surface area contributed by atoms with Crippen LogP contribution in [0.4, 0.5) is 0 Å². The zero-order valence-corrected chi connectivity index (χ0v) is 12.8. The molecule has 0 heterocycles. The van der Waals surface area contributed by atoms with Crippen LogP contribution in [-0.4, -0.2) is 47.7 Å². The van der Waals surface area contributed by atoms with Crippen molar-refractivity contribution in [2.45, 2.75) is 38.3 Å². The van der Waals surface area contributed by atoms with Crippen LogP contribution in [-0.2, 0) is 9.59 Å². The molecule has 1 N–H and O–H groups in total. The maximum absolute atomic E-state index is 12.2. The molecule has 1 saturated carbocycles. The Morgan fingerprint density at radius 2 is 1.86 bits per heavy atom. The van der Waals surface area contributed by atoms with Gasteiger partial charge in [0.25, 0.3) is 0 Å². The summed E-state index contributed by atoms with van der Waals surface area (Å²) in [6.07, 6.45) is 1.92. The molecular formula is C16H21NO5. The Morgan fingerprint density at radius 1 is 1.27 bits per heavy atom. The Kier molecular flexibility index (Phi) is 5.25. The number of carboxylic acid groups (broad SMARTS) is 1. The van der Waals surface area contributed by atoms with E-state index in [1.807, 2.05) is 0 Å². The highest BCUT2D eigenvalue weighted by molar-refractivity contribution is 5.84. The van der Waals surface area contributed by atoms with E-state index in [1.165, 1.54) is 4.90 Å². The van der Waals surface area contributed by atoms with Gasteiger partial charge in [0.05, 0.1) is 20.1 Å². The molecule has 0 radical (unpaired) electrons. The topological polar surface area (TPSA) is 76.1 Å².